The Morgan fingerprint density at radius 2 is 1.62 bits per heavy atom. The number of aryl methyl sites for hydroxylation is 1. The Morgan fingerprint density at radius 1 is 1.03 bits per heavy atom. The van der Waals surface area contributed by atoms with E-state index in [1.165, 1.54) is 22.2 Å². The molecular weight excluding hydrogens is 396 g/mol. The molecule has 4 N–H and O–H groups in total. The average molecular weight is 419 g/mol. The van der Waals surface area contributed by atoms with Crippen LogP contribution in [0.25, 0.3) is 10.9 Å². The molecule has 0 fully saturated rings. The van der Waals surface area contributed by atoms with Crippen molar-refractivity contribution in [3.05, 3.63) is 64.8 Å². The minimum Gasteiger partial charge on any atom is -0.473 e. The molecule has 0 aliphatic heterocycles. The number of fused-ring (bicyclic) bond motifs is 1. The van der Waals surface area contributed by atoms with E-state index < -0.39 is 18.0 Å². The molecule has 0 aliphatic rings. The molecule has 3 aromatic rings. The van der Waals surface area contributed by atoms with Gasteiger partial charge in [-0.15, -0.1) is 0 Å². The highest BCUT2D eigenvalue weighted by Gasteiger charge is 2.13. The number of hydrogen-bond donors (Lipinski definition) is 4. The predicted octanol–water partition coefficient (Wildman–Crippen LogP) is 3.54. The van der Waals surface area contributed by atoms with Crippen molar-refractivity contribution < 1.29 is 24.9 Å². The van der Waals surface area contributed by atoms with E-state index in [4.69, 9.17) is 31.4 Å². The molecule has 154 valence electrons. The van der Waals surface area contributed by atoms with E-state index in [-0.39, 0.29) is 0 Å². The van der Waals surface area contributed by atoms with Gasteiger partial charge in [0, 0.05) is 33.9 Å². The van der Waals surface area contributed by atoms with Crippen LogP contribution in [-0.2, 0) is 16.1 Å². The zero-order valence-corrected chi connectivity index (χ0v) is 16.8. The summed E-state index contributed by atoms with van der Waals surface area (Å²) in [5, 5.41) is 30.4. The van der Waals surface area contributed by atoms with Crippen LogP contribution in [0.2, 0.25) is 5.02 Å². The maximum atomic E-state index is 10.4. The van der Waals surface area contributed by atoms with Gasteiger partial charge in [0.2, 0.25) is 0 Å². The minimum absolute atomic E-state index is 0.473. The van der Waals surface area contributed by atoms with Gasteiger partial charge >= 0.3 is 11.9 Å². The Kier molecular flexibility index (Phi) is 7.64. The second-order valence-corrected chi connectivity index (χ2v) is 6.93. The number of aliphatic hydroxyl groups is 1. The molecular formula is C21H23ClN2O5. The molecule has 29 heavy (non-hydrogen) atoms. The molecule has 0 amide bonds. The summed E-state index contributed by atoms with van der Waals surface area (Å²) in [5.41, 5.74) is 4.61. The van der Waals surface area contributed by atoms with Crippen molar-refractivity contribution in [2.24, 2.45) is 0 Å². The summed E-state index contributed by atoms with van der Waals surface area (Å²) in [4.78, 5) is 18.2. The zero-order valence-electron chi connectivity index (χ0n) is 16.1. The van der Waals surface area contributed by atoms with Gasteiger partial charge in [-0.1, -0.05) is 29.8 Å². The van der Waals surface area contributed by atoms with Crippen LogP contribution in [0.15, 0.2) is 48.5 Å². The molecule has 0 radical (unpaired) electrons. The highest BCUT2D eigenvalue weighted by molar-refractivity contribution is 6.30. The number of halogens is 1. The lowest BCUT2D eigenvalue weighted by molar-refractivity contribution is -0.159. The molecule has 1 unspecified atom stereocenters. The highest BCUT2D eigenvalue weighted by atomic mass is 35.5. The smallest absolute Gasteiger partial charge is 0.414 e. The first-order valence-electron chi connectivity index (χ1n) is 8.88. The zero-order chi connectivity index (χ0) is 21.6. The van der Waals surface area contributed by atoms with E-state index in [9.17, 15) is 5.11 Å². The average Bonchev–Trinajstić information content (AvgIpc) is 2.93. The number of hydrogen-bond acceptors (Lipinski definition) is 4. The van der Waals surface area contributed by atoms with Crippen molar-refractivity contribution in [3.63, 3.8) is 0 Å². The number of carboxylic acid groups (broad SMARTS) is 2. The minimum atomic E-state index is -1.82. The Labute approximate surface area is 173 Å². The van der Waals surface area contributed by atoms with Crippen LogP contribution in [0.1, 0.15) is 11.3 Å². The number of aliphatic carboxylic acids is 2. The normalized spacial score (nSPS) is 11.4. The topological polar surface area (TPSA) is 112 Å². The Hall–Kier alpha value is -3.03. The molecule has 0 saturated heterocycles. The number of nitrogens with zero attached hydrogens (tertiary/aromatic N) is 1. The monoisotopic (exact) mass is 418 g/mol. The fraction of sp³-hybridized carbons (Fsp3) is 0.238. The lowest BCUT2D eigenvalue weighted by Gasteiger charge is -2.16. The third-order valence-electron chi connectivity index (χ3n) is 4.51. The fourth-order valence-electron chi connectivity index (χ4n) is 2.92. The van der Waals surface area contributed by atoms with Crippen molar-refractivity contribution in [3.8, 4) is 0 Å². The van der Waals surface area contributed by atoms with E-state index in [1.807, 2.05) is 30.3 Å². The Morgan fingerprint density at radius 3 is 2.21 bits per heavy atom. The van der Waals surface area contributed by atoms with Crippen LogP contribution in [0.3, 0.4) is 0 Å². The van der Waals surface area contributed by atoms with Crippen molar-refractivity contribution in [1.29, 1.82) is 0 Å². The number of rotatable bonds is 5. The first-order valence-corrected chi connectivity index (χ1v) is 9.26. The van der Waals surface area contributed by atoms with Crippen molar-refractivity contribution in [1.82, 2.24) is 4.57 Å². The quantitative estimate of drug-likeness (QED) is 0.471. The van der Waals surface area contributed by atoms with Gasteiger partial charge in [0.05, 0.1) is 12.6 Å². The van der Waals surface area contributed by atoms with Crippen LogP contribution in [0.4, 0.5) is 5.69 Å². The number of carbonyl (C=O) groups is 2. The SMILES string of the molecule is Cc1c(C)n(CC(O)CNc2ccc(Cl)cc2)c2ccccc12.O=C(O)C(=O)O. The lowest BCUT2D eigenvalue weighted by atomic mass is 10.2. The third kappa shape index (κ3) is 5.97. The lowest BCUT2D eigenvalue weighted by Crippen LogP contribution is -2.25. The molecule has 1 aromatic heterocycles. The van der Waals surface area contributed by atoms with E-state index in [1.54, 1.807) is 0 Å². The molecule has 0 aliphatic carbocycles. The van der Waals surface area contributed by atoms with Crippen LogP contribution in [-0.4, -0.2) is 44.5 Å². The predicted molar refractivity (Wildman–Crippen MR) is 113 cm³/mol. The summed E-state index contributed by atoms with van der Waals surface area (Å²) in [6.07, 6.45) is -0.473. The van der Waals surface area contributed by atoms with Crippen molar-refractivity contribution in [2.45, 2.75) is 26.5 Å². The van der Waals surface area contributed by atoms with E-state index >= 15 is 0 Å². The summed E-state index contributed by atoms with van der Waals surface area (Å²) in [5.74, 6) is -3.65. The maximum Gasteiger partial charge on any atom is 0.414 e. The summed E-state index contributed by atoms with van der Waals surface area (Å²) in [7, 11) is 0. The number of para-hydroxylation sites is 1. The van der Waals surface area contributed by atoms with Crippen LogP contribution in [0, 0.1) is 13.8 Å². The molecule has 3 rings (SSSR count). The van der Waals surface area contributed by atoms with E-state index in [0.717, 1.165) is 5.69 Å². The molecule has 2 aromatic carbocycles. The third-order valence-corrected chi connectivity index (χ3v) is 4.76. The van der Waals surface area contributed by atoms with Gasteiger partial charge in [0.1, 0.15) is 0 Å². The number of carboxylic acids is 2. The van der Waals surface area contributed by atoms with Crippen molar-refractivity contribution >= 4 is 40.1 Å². The summed E-state index contributed by atoms with van der Waals surface area (Å²) >= 11 is 5.88. The van der Waals surface area contributed by atoms with Crippen LogP contribution in [0.5, 0.6) is 0 Å². The highest BCUT2D eigenvalue weighted by Crippen LogP contribution is 2.25. The summed E-state index contributed by atoms with van der Waals surface area (Å²) in [6, 6.07) is 15.8. The van der Waals surface area contributed by atoms with Gasteiger partial charge in [0.15, 0.2) is 0 Å². The molecule has 7 nitrogen and oxygen atoms in total. The summed E-state index contributed by atoms with van der Waals surface area (Å²) in [6.45, 7) is 5.30. The van der Waals surface area contributed by atoms with Gasteiger partial charge in [-0.3, -0.25) is 0 Å². The number of nitrogens with one attached hydrogen (secondary N) is 1. The first-order chi connectivity index (χ1) is 13.7. The van der Waals surface area contributed by atoms with Gasteiger partial charge in [-0.25, -0.2) is 9.59 Å². The number of aliphatic hydroxyl groups excluding tert-OH is 1. The largest absolute Gasteiger partial charge is 0.473 e. The molecule has 8 heteroatoms. The van der Waals surface area contributed by atoms with Crippen LogP contribution >= 0.6 is 11.6 Å². The van der Waals surface area contributed by atoms with Crippen LogP contribution < -0.4 is 5.32 Å². The number of aromatic nitrogens is 1. The van der Waals surface area contributed by atoms with Crippen molar-refractivity contribution in [2.75, 3.05) is 11.9 Å². The van der Waals surface area contributed by atoms with Gasteiger partial charge in [-0.2, -0.15) is 0 Å². The van der Waals surface area contributed by atoms with Gasteiger partial charge < -0.3 is 25.2 Å². The van der Waals surface area contributed by atoms with E-state index in [2.05, 4.69) is 41.9 Å². The number of benzene rings is 2. The van der Waals surface area contributed by atoms with E-state index in [0.29, 0.717) is 18.1 Å². The van der Waals surface area contributed by atoms with Gasteiger partial charge in [0.25, 0.3) is 0 Å². The van der Waals surface area contributed by atoms with Gasteiger partial charge in [-0.05, 0) is 49.7 Å². The standard InChI is InChI=1S/C19H21ClN2O.C2H2O4/c1-13-14(2)22(19-6-4-3-5-18(13)19)12-17(23)11-21-16-9-7-15(20)8-10-16;3-1(4)2(5)6/h3-10,17,21,23H,11-12H2,1-2H3;(H,3,4)(H,5,6). The second kappa shape index (κ2) is 9.95. The number of anilines is 1. The Bertz CT molecular complexity index is 986. The second-order valence-electron chi connectivity index (χ2n) is 6.49. The molecule has 0 saturated carbocycles. The maximum absolute atomic E-state index is 10.4. The molecule has 0 spiro atoms. The first kappa shape index (κ1) is 22.3. The summed E-state index contributed by atoms with van der Waals surface area (Å²) < 4.78 is 2.19. The molecule has 0 bridgehead atoms. The Balaban J connectivity index is 0.000000438. The fourth-order valence-corrected chi connectivity index (χ4v) is 3.04. The molecule has 1 heterocycles. The molecule has 1 atom stereocenters.